The lowest BCUT2D eigenvalue weighted by Gasteiger charge is -2.23. The molecule has 2 unspecified atom stereocenters. The summed E-state index contributed by atoms with van der Waals surface area (Å²) in [5, 5.41) is 3.43. The van der Waals surface area contributed by atoms with E-state index in [0.29, 0.717) is 6.04 Å². The summed E-state index contributed by atoms with van der Waals surface area (Å²) < 4.78 is 5.72. The SMILES string of the molecule is CCCC(C)CC(NC)c1ccccc1OCC. The van der Waals surface area contributed by atoms with Gasteiger partial charge in [-0.3, -0.25) is 0 Å². The first-order valence-electron chi connectivity index (χ1n) is 7.11. The monoisotopic (exact) mass is 249 g/mol. The third-order valence-corrected chi connectivity index (χ3v) is 3.36. The summed E-state index contributed by atoms with van der Waals surface area (Å²) in [7, 11) is 2.03. The third-order valence-electron chi connectivity index (χ3n) is 3.36. The Morgan fingerprint density at radius 1 is 1.22 bits per heavy atom. The van der Waals surface area contributed by atoms with Crippen LogP contribution in [0.5, 0.6) is 5.75 Å². The average Bonchev–Trinajstić information content (AvgIpc) is 2.37. The van der Waals surface area contributed by atoms with Gasteiger partial charge in [0.05, 0.1) is 6.61 Å². The minimum Gasteiger partial charge on any atom is -0.494 e. The number of ether oxygens (including phenoxy) is 1. The summed E-state index contributed by atoms with van der Waals surface area (Å²) in [6, 6.07) is 8.75. The topological polar surface area (TPSA) is 21.3 Å². The van der Waals surface area contributed by atoms with Crippen molar-refractivity contribution in [3.05, 3.63) is 29.8 Å². The fourth-order valence-corrected chi connectivity index (χ4v) is 2.47. The molecule has 0 aliphatic heterocycles. The Morgan fingerprint density at radius 2 is 1.94 bits per heavy atom. The predicted octanol–water partition coefficient (Wildman–Crippen LogP) is 4.17. The van der Waals surface area contributed by atoms with Gasteiger partial charge in [0.15, 0.2) is 0 Å². The Hall–Kier alpha value is -1.02. The van der Waals surface area contributed by atoms with E-state index in [0.717, 1.165) is 24.7 Å². The van der Waals surface area contributed by atoms with Crippen molar-refractivity contribution in [1.29, 1.82) is 0 Å². The minimum atomic E-state index is 0.384. The van der Waals surface area contributed by atoms with Crippen molar-refractivity contribution in [3.8, 4) is 5.75 Å². The van der Waals surface area contributed by atoms with Gasteiger partial charge in [-0.1, -0.05) is 44.9 Å². The predicted molar refractivity (Wildman–Crippen MR) is 78.1 cm³/mol. The molecule has 2 heteroatoms. The summed E-state index contributed by atoms with van der Waals surface area (Å²) in [5.74, 6) is 1.75. The summed E-state index contributed by atoms with van der Waals surface area (Å²) in [6.45, 7) is 7.33. The first kappa shape index (κ1) is 15.0. The van der Waals surface area contributed by atoms with E-state index in [1.165, 1.54) is 18.4 Å². The van der Waals surface area contributed by atoms with Crippen LogP contribution in [0.1, 0.15) is 51.6 Å². The molecule has 0 heterocycles. The van der Waals surface area contributed by atoms with Crippen molar-refractivity contribution >= 4 is 0 Å². The van der Waals surface area contributed by atoms with Crippen LogP contribution >= 0.6 is 0 Å². The molecule has 102 valence electrons. The maximum atomic E-state index is 5.72. The van der Waals surface area contributed by atoms with Crippen LogP contribution in [0.15, 0.2) is 24.3 Å². The molecule has 0 radical (unpaired) electrons. The van der Waals surface area contributed by atoms with E-state index in [1.807, 2.05) is 20.0 Å². The summed E-state index contributed by atoms with van der Waals surface area (Å²) in [5.41, 5.74) is 1.28. The lowest BCUT2D eigenvalue weighted by Crippen LogP contribution is -2.20. The molecule has 0 aliphatic carbocycles. The highest BCUT2D eigenvalue weighted by molar-refractivity contribution is 5.36. The molecular formula is C16H27NO. The highest BCUT2D eigenvalue weighted by Crippen LogP contribution is 2.30. The smallest absolute Gasteiger partial charge is 0.124 e. The Labute approximate surface area is 112 Å². The average molecular weight is 249 g/mol. The molecule has 0 saturated heterocycles. The van der Waals surface area contributed by atoms with E-state index in [4.69, 9.17) is 4.74 Å². The van der Waals surface area contributed by atoms with Gasteiger partial charge in [0, 0.05) is 11.6 Å². The minimum absolute atomic E-state index is 0.384. The first-order chi connectivity index (χ1) is 8.72. The molecule has 0 aliphatic rings. The summed E-state index contributed by atoms with van der Waals surface area (Å²) >= 11 is 0. The number of para-hydroxylation sites is 1. The van der Waals surface area contributed by atoms with E-state index >= 15 is 0 Å². The lowest BCUT2D eigenvalue weighted by molar-refractivity contribution is 0.325. The second-order valence-electron chi connectivity index (χ2n) is 4.94. The molecule has 0 amide bonds. The molecule has 0 fully saturated rings. The van der Waals surface area contributed by atoms with E-state index in [9.17, 15) is 0 Å². The molecule has 0 spiro atoms. The molecule has 0 bridgehead atoms. The van der Waals surface area contributed by atoms with Crippen LogP contribution < -0.4 is 10.1 Å². The molecular weight excluding hydrogens is 222 g/mol. The van der Waals surface area contributed by atoms with Gasteiger partial charge in [-0.05, 0) is 32.4 Å². The van der Waals surface area contributed by atoms with Crippen molar-refractivity contribution in [1.82, 2.24) is 5.32 Å². The zero-order chi connectivity index (χ0) is 13.4. The van der Waals surface area contributed by atoms with Crippen LogP contribution in [0.4, 0.5) is 0 Å². The van der Waals surface area contributed by atoms with E-state index in [1.54, 1.807) is 0 Å². The fraction of sp³-hybridized carbons (Fsp3) is 0.625. The van der Waals surface area contributed by atoms with Gasteiger partial charge in [-0.15, -0.1) is 0 Å². The number of hydrogen-bond acceptors (Lipinski definition) is 2. The Morgan fingerprint density at radius 3 is 2.56 bits per heavy atom. The molecule has 0 saturated carbocycles. The number of benzene rings is 1. The van der Waals surface area contributed by atoms with Crippen molar-refractivity contribution in [2.45, 2.75) is 46.1 Å². The van der Waals surface area contributed by atoms with Crippen molar-refractivity contribution in [2.75, 3.05) is 13.7 Å². The highest BCUT2D eigenvalue weighted by atomic mass is 16.5. The Balaban J connectivity index is 2.80. The maximum absolute atomic E-state index is 5.72. The zero-order valence-electron chi connectivity index (χ0n) is 12.2. The normalized spacial score (nSPS) is 14.2. The van der Waals surface area contributed by atoms with Gasteiger partial charge in [-0.25, -0.2) is 0 Å². The van der Waals surface area contributed by atoms with Crippen LogP contribution in [0.25, 0.3) is 0 Å². The molecule has 2 nitrogen and oxygen atoms in total. The Kier molecular flexibility index (Phi) is 6.81. The zero-order valence-corrected chi connectivity index (χ0v) is 12.2. The lowest BCUT2D eigenvalue weighted by atomic mass is 9.92. The second kappa shape index (κ2) is 8.15. The van der Waals surface area contributed by atoms with E-state index in [2.05, 4.69) is 37.4 Å². The van der Waals surface area contributed by atoms with E-state index in [-0.39, 0.29) is 0 Å². The molecule has 1 aromatic carbocycles. The van der Waals surface area contributed by atoms with Gasteiger partial charge >= 0.3 is 0 Å². The standard InChI is InChI=1S/C16H27NO/c1-5-9-13(3)12-15(17-4)14-10-7-8-11-16(14)18-6-2/h7-8,10-11,13,15,17H,5-6,9,12H2,1-4H3. The molecule has 18 heavy (non-hydrogen) atoms. The van der Waals surface area contributed by atoms with Crippen molar-refractivity contribution in [3.63, 3.8) is 0 Å². The number of nitrogens with one attached hydrogen (secondary N) is 1. The number of hydrogen-bond donors (Lipinski definition) is 1. The van der Waals surface area contributed by atoms with Gasteiger partial charge in [0.1, 0.15) is 5.75 Å². The third kappa shape index (κ3) is 4.34. The van der Waals surface area contributed by atoms with Crippen LogP contribution in [-0.4, -0.2) is 13.7 Å². The summed E-state index contributed by atoms with van der Waals surface area (Å²) in [4.78, 5) is 0. The van der Waals surface area contributed by atoms with Gasteiger partial charge < -0.3 is 10.1 Å². The first-order valence-corrected chi connectivity index (χ1v) is 7.11. The molecule has 1 N–H and O–H groups in total. The fourth-order valence-electron chi connectivity index (χ4n) is 2.47. The Bertz CT molecular complexity index is 338. The van der Waals surface area contributed by atoms with Gasteiger partial charge in [0.2, 0.25) is 0 Å². The van der Waals surface area contributed by atoms with Crippen LogP contribution in [0.3, 0.4) is 0 Å². The molecule has 1 rings (SSSR count). The van der Waals surface area contributed by atoms with Crippen molar-refractivity contribution in [2.24, 2.45) is 5.92 Å². The highest BCUT2D eigenvalue weighted by Gasteiger charge is 2.16. The largest absolute Gasteiger partial charge is 0.494 e. The maximum Gasteiger partial charge on any atom is 0.124 e. The molecule has 1 aromatic rings. The van der Waals surface area contributed by atoms with Gasteiger partial charge in [0.25, 0.3) is 0 Å². The van der Waals surface area contributed by atoms with Crippen LogP contribution in [0.2, 0.25) is 0 Å². The summed E-state index contributed by atoms with van der Waals surface area (Å²) in [6.07, 6.45) is 3.70. The van der Waals surface area contributed by atoms with E-state index < -0.39 is 0 Å². The van der Waals surface area contributed by atoms with Crippen LogP contribution in [-0.2, 0) is 0 Å². The van der Waals surface area contributed by atoms with Crippen LogP contribution in [0, 0.1) is 5.92 Å². The molecule has 0 aromatic heterocycles. The second-order valence-corrected chi connectivity index (χ2v) is 4.94. The molecule has 2 atom stereocenters. The van der Waals surface area contributed by atoms with Crippen molar-refractivity contribution < 1.29 is 4.74 Å². The number of rotatable bonds is 8. The van der Waals surface area contributed by atoms with Gasteiger partial charge in [-0.2, -0.15) is 0 Å². The quantitative estimate of drug-likeness (QED) is 0.746.